The molecule has 7 heteroatoms. The summed E-state index contributed by atoms with van der Waals surface area (Å²) in [4.78, 5) is 3.68. The quantitative estimate of drug-likeness (QED) is 0.753. The van der Waals surface area contributed by atoms with Gasteiger partial charge in [-0.1, -0.05) is 0 Å². The van der Waals surface area contributed by atoms with Crippen molar-refractivity contribution in [1.82, 2.24) is 10.1 Å². The van der Waals surface area contributed by atoms with Gasteiger partial charge in [0.05, 0.1) is 0 Å². The summed E-state index contributed by atoms with van der Waals surface area (Å²) in [6.45, 7) is 0. The molecule has 0 saturated carbocycles. The number of halogens is 4. The van der Waals surface area contributed by atoms with Gasteiger partial charge >= 0.3 is 0 Å². The lowest BCUT2D eigenvalue weighted by Crippen LogP contribution is -1.91. The molecule has 1 aromatic carbocycles. The minimum absolute atomic E-state index is 0.0235. The van der Waals surface area contributed by atoms with Crippen LogP contribution in [-0.2, 0) is 0 Å². The second kappa shape index (κ2) is 3.65. The molecule has 0 atom stereocenters. The zero-order valence-corrected chi connectivity index (χ0v) is 8.56. The first-order chi connectivity index (χ1) is 7.08. The van der Waals surface area contributed by atoms with E-state index in [4.69, 9.17) is 0 Å². The van der Waals surface area contributed by atoms with Crippen molar-refractivity contribution in [3.05, 3.63) is 34.3 Å². The van der Waals surface area contributed by atoms with E-state index in [0.717, 1.165) is 12.1 Å². The van der Waals surface area contributed by atoms with Crippen LogP contribution in [0.3, 0.4) is 0 Å². The van der Waals surface area contributed by atoms with Gasteiger partial charge in [0.1, 0.15) is 0 Å². The number of benzene rings is 1. The molecule has 0 spiro atoms. The molecule has 0 radical (unpaired) electrons. The van der Waals surface area contributed by atoms with E-state index in [-0.39, 0.29) is 16.2 Å². The topological polar surface area (TPSA) is 38.9 Å². The van der Waals surface area contributed by atoms with Gasteiger partial charge in [-0.15, -0.1) is 0 Å². The molecule has 0 aliphatic heterocycles. The molecule has 3 nitrogen and oxygen atoms in total. The van der Waals surface area contributed by atoms with Gasteiger partial charge in [0.25, 0.3) is 5.89 Å². The third kappa shape index (κ3) is 1.87. The molecule has 0 aliphatic carbocycles. The van der Waals surface area contributed by atoms with Crippen LogP contribution in [0.2, 0.25) is 0 Å². The zero-order valence-electron chi connectivity index (χ0n) is 6.97. The van der Waals surface area contributed by atoms with Crippen molar-refractivity contribution in [2.45, 2.75) is 0 Å². The molecule has 0 unspecified atom stereocenters. The molecule has 0 amide bonds. The maximum atomic E-state index is 12.8. The standard InChI is InChI=1S/C8H2BrF3N2O/c9-8-13-7(15-14-8)3-1-4(10)6(12)5(11)2-3/h1-2H. The van der Waals surface area contributed by atoms with Crippen molar-refractivity contribution in [3.63, 3.8) is 0 Å². The Morgan fingerprint density at radius 3 is 2.20 bits per heavy atom. The molecule has 1 aromatic heterocycles. The SMILES string of the molecule is Fc1cc(-c2nc(Br)no2)cc(F)c1F. The van der Waals surface area contributed by atoms with Crippen molar-refractivity contribution in [3.8, 4) is 11.5 Å². The third-order valence-electron chi connectivity index (χ3n) is 1.63. The lowest BCUT2D eigenvalue weighted by molar-refractivity contribution is 0.422. The van der Waals surface area contributed by atoms with E-state index in [1.165, 1.54) is 0 Å². The van der Waals surface area contributed by atoms with Crippen molar-refractivity contribution < 1.29 is 17.7 Å². The molecular weight excluding hydrogens is 277 g/mol. The highest BCUT2D eigenvalue weighted by molar-refractivity contribution is 9.10. The second-order valence-corrected chi connectivity index (χ2v) is 3.33. The zero-order chi connectivity index (χ0) is 11.0. The van der Waals surface area contributed by atoms with Crippen LogP contribution < -0.4 is 0 Å². The molecule has 0 fully saturated rings. The summed E-state index contributed by atoms with van der Waals surface area (Å²) in [6.07, 6.45) is 0. The summed E-state index contributed by atoms with van der Waals surface area (Å²) in [5, 5.41) is 3.37. The monoisotopic (exact) mass is 278 g/mol. The number of aromatic nitrogens is 2. The summed E-state index contributed by atoms with van der Waals surface area (Å²) >= 11 is 2.90. The van der Waals surface area contributed by atoms with E-state index in [1.54, 1.807) is 0 Å². The molecule has 0 aliphatic rings. The van der Waals surface area contributed by atoms with Gasteiger partial charge in [0.2, 0.25) is 4.73 Å². The molecule has 78 valence electrons. The lowest BCUT2D eigenvalue weighted by atomic mass is 10.2. The van der Waals surface area contributed by atoms with Crippen LogP contribution in [0.1, 0.15) is 0 Å². The Kier molecular flexibility index (Phi) is 2.47. The Labute approximate surface area is 90.0 Å². The summed E-state index contributed by atoms with van der Waals surface area (Å²) in [5.41, 5.74) is -0.0235. The van der Waals surface area contributed by atoms with Crippen molar-refractivity contribution in [2.24, 2.45) is 0 Å². The predicted molar refractivity (Wildman–Crippen MR) is 47.3 cm³/mol. The van der Waals surface area contributed by atoms with Gasteiger partial charge in [-0.25, -0.2) is 13.2 Å². The Bertz CT molecular complexity index is 491. The van der Waals surface area contributed by atoms with Crippen LogP contribution >= 0.6 is 15.9 Å². The van der Waals surface area contributed by atoms with E-state index < -0.39 is 17.5 Å². The van der Waals surface area contributed by atoms with Gasteiger partial charge in [0, 0.05) is 5.56 Å². The van der Waals surface area contributed by atoms with Gasteiger partial charge in [-0.05, 0) is 33.2 Å². The predicted octanol–water partition coefficient (Wildman–Crippen LogP) is 2.92. The van der Waals surface area contributed by atoms with Crippen LogP contribution in [-0.4, -0.2) is 10.1 Å². The fourth-order valence-electron chi connectivity index (χ4n) is 1.00. The number of hydrogen-bond donors (Lipinski definition) is 0. The summed E-state index contributed by atoms with van der Waals surface area (Å²) < 4.78 is 43.0. The van der Waals surface area contributed by atoms with E-state index in [2.05, 4.69) is 30.6 Å². The first-order valence-corrected chi connectivity index (χ1v) is 4.51. The average molecular weight is 279 g/mol. The largest absolute Gasteiger partial charge is 0.333 e. The fourth-order valence-corrected chi connectivity index (χ4v) is 1.24. The highest BCUT2D eigenvalue weighted by Crippen LogP contribution is 2.23. The first kappa shape index (κ1) is 10.2. The molecule has 15 heavy (non-hydrogen) atoms. The fraction of sp³-hybridized carbons (Fsp3) is 0. The minimum Gasteiger partial charge on any atom is -0.333 e. The van der Waals surface area contributed by atoms with E-state index in [1.807, 2.05) is 0 Å². The summed E-state index contributed by atoms with van der Waals surface area (Å²) in [6, 6.07) is 1.55. The van der Waals surface area contributed by atoms with Gasteiger partial charge in [0.15, 0.2) is 17.5 Å². The normalized spacial score (nSPS) is 10.7. The number of rotatable bonds is 1. The number of nitrogens with zero attached hydrogens (tertiary/aromatic N) is 2. The molecular formula is C8H2BrF3N2O. The molecule has 1 heterocycles. The lowest BCUT2D eigenvalue weighted by Gasteiger charge is -1.97. The van der Waals surface area contributed by atoms with Gasteiger partial charge in [-0.2, -0.15) is 4.98 Å². The minimum atomic E-state index is -1.53. The molecule has 2 rings (SSSR count). The molecule has 0 saturated heterocycles. The highest BCUT2D eigenvalue weighted by Gasteiger charge is 2.15. The Hall–Kier alpha value is -1.37. The van der Waals surface area contributed by atoms with Crippen molar-refractivity contribution in [1.29, 1.82) is 0 Å². The third-order valence-corrected chi connectivity index (χ3v) is 1.95. The van der Waals surface area contributed by atoms with Crippen LogP contribution in [0.15, 0.2) is 21.4 Å². The van der Waals surface area contributed by atoms with Crippen LogP contribution in [0.4, 0.5) is 13.2 Å². The van der Waals surface area contributed by atoms with Gasteiger partial charge < -0.3 is 4.52 Å². The van der Waals surface area contributed by atoms with E-state index in [0.29, 0.717) is 0 Å². The average Bonchev–Trinajstić information content (AvgIpc) is 2.60. The van der Waals surface area contributed by atoms with E-state index in [9.17, 15) is 13.2 Å². The van der Waals surface area contributed by atoms with Crippen molar-refractivity contribution in [2.75, 3.05) is 0 Å². The smallest absolute Gasteiger partial charge is 0.258 e. The van der Waals surface area contributed by atoms with Crippen molar-refractivity contribution >= 4 is 15.9 Å². The molecule has 0 bridgehead atoms. The highest BCUT2D eigenvalue weighted by atomic mass is 79.9. The second-order valence-electron chi connectivity index (χ2n) is 2.62. The Morgan fingerprint density at radius 1 is 1.13 bits per heavy atom. The summed E-state index contributed by atoms with van der Waals surface area (Å²) in [7, 11) is 0. The first-order valence-electron chi connectivity index (χ1n) is 3.72. The summed E-state index contributed by atoms with van der Waals surface area (Å²) in [5.74, 6) is -4.24. The molecule has 2 aromatic rings. The van der Waals surface area contributed by atoms with E-state index >= 15 is 0 Å². The van der Waals surface area contributed by atoms with Crippen LogP contribution in [0, 0.1) is 17.5 Å². The maximum Gasteiger partial charge on any atom is 0.258 e. The maximum absolute atomic E-state index is 12.8. The Morgan fingerprint density at radius 2 is 1.73 bits per heavy atom. The molecule has 0 N–H and O–H groups in total. The Balaban J connectivity index is 2.55. The number of hydrogen-bond acceptors (Lipinski definition) is 3. The van der Waals surface area contributed by atoms with Gasteiger partial charge in [-0.3, -0.25) is 0 Å². The van der Waals surface area contributed by atoms with Crippen LogP contribution in [0.25, 0.3) is 11.5 Å². The van der Waals surface area contributed by atoms with Crippen LogP contribution in [0.5, 0.6) is 0 Å².